The number of hydrogen-bond donors (Lipinski definition) is 1. The monoisotopic (exact) mass is 462 g/mol. The summed E-state index contributed by atoms with van der Waals surface area (Å²) in [6.45, 7) is 3.90. The molecule has 5 rings (SSSR count). The molecule has 0 saturated carbocycles. The second-order valence-electron chi connectivity index (χ2n) is 8.41. The third kappa shape index (κ3) is 3.93. The van der Waals surface area contributed by atoms with Crippen LogP contribution >= 0.6 is 27.5 Å². The molecular formula is C23H26BrClNO2+. The Balaban J connectivity index is 1.42. The van der Waals surface area contributed by atoms with E-state index in [-0.39, 0.29) is 5.78 Å². The summed E-state index contributed by atoms with van der Waals surface area (Å²) in [7, 11) is 0. The smallest absolute Gasteiger partial charge is 0.163 e. The van der Waals surface area contributed by atoms with Crippen molar-refractivity contribution >= 4 is 33.3 Å². The Hall–Kier alpha value is -1.20. The summed E-state index contributed by atoms with van der Waals surface area (Å²) in [5.74, 6) is 0.517. The molecule has 3 saturated heterocycles. The first kappa shape index (κ1) is 20.1. The van der Waals surface area contributed by atoms with E-state index in [1.807, 2.05) is 48.5 Å². The van der Waals surface area contributed by atoms with Crippen LogP contribution in [0.5, 0.6) is 0 Å². The summed E-state index contributed by atoms with van der Waals surface area (Å²) >= 11 is 9.45. The van der Waals surface area contributed by atoms with Crippen LogP contribution in [-0.2, 0) is 5.60 Å². The van der Waals surface area contributed by atoms with Crippen LogP contribution in [0.1, 0.15) is 41.6 Å². The van der Waals surface area contributed by atoms with Gasteiger partial charge in [0.05, 0.1) is 19.6 Å². The minimum atomic E-state index is -0.781. The van der Waals surface area contributed by atoms with Crippen molar-refractivity contribution in [3.8, 4) is 0 Å². The zero-order chi connectivity index (χ0) is 19.8. The molecule has 5 heteroatoms. The van der Waals surface area contributed by atoms with Crippen molar-refractivity contribution in [2.75, 3.05) is 26.2 Å². The third-order valence-corrected chi connectivity index (χ3v) is 7.48. The number of nitrogens with zero attached hydrogens (tertiary/aromatic N) is 1. The first-order valence-electron chi connectivity index (χ1n) is 10.0. The van der Waals surface area contributed by atoms with Gasteiger partial charge in [0.2, 0.25) is 0 Å². The molecule has 0 aliphatic carbocycles. The Morgan fingerprint density at radius 2 is 1.75 bits per heavy atom. The second-order valence-corrected chi connectivity index (χ2v) is 9.76. The van der Waals surface area contributed by atoms with Gasteiger partial charge in [-0.15, -0.1) is 0 Å². The highest BCUT2D eigenvalue weighted by atomic mass is 79.9. The molecule has 1 atom stereocenters. The van der Waals surface area contributed by atoms with E-state index in [0.717, 1.165) is 65.5 Å². The topological polar surface area (TPSA) is 37.3 Å². The number of aliphatic hydroxyl groups is 1. The molecule has 28 heavy (non-hydrogen) atoms. The van der Waals surface area contributed by atoms with E-state index in [9.17, 15) is 9.90 Å². The maximum atomic E-state index is 12.5. The number of fused-ring (bicyclic) bond motifs is 3. The van der Waals surface area contributed by atoms with Crippen molar-refractivity contribution in [2.24, 2.45) is 5.92 Å². The number of quaternary nitrogens is 1. The lowest BCUT2D eigenvalue weighted by Crippen LogP contribution is -2.67. The van der Waals surface area contributed by atoms with Gasteiger partial charge in [-0.05, 0) is 29.8 Å². The third-order valence-electron chi connectivity index (χ3n) is 6.70. The Bertz CT molecular complexity index is 844. The number of halogens is 2. The highest BCUT2D eigenvalue weighted by Gasteiger charge is 2.54. The van der Waals surface area contributed by atoms with Crippen LogP contribution in [0.25, 0.3) is 0 Å². The summed E-state index contributed by atoms with van der Waals surface area (Å²) in [5, 5.41) is 12.3. The van der Waals surface area contributed by atoms with Crippen molar-refractivity contribution in [1.82, 2.24) is 0 Å². The normalized spacial score (nSPS) is 29.0. The van der Waals surface area contributed by atoms with E-state index in [2.05, 4.69) is 15.9 Å². The number of carbonyl (C=O) groups is 1. The molecule has 2 bridgehead atoms. The van der Waals surface area contributed by atoms with Crippen LogP contribution in [-0.4, -0.2) is 41.6 Å². The second kappa shape index (κ2) is 7.91. The number of rotatable bonds is 6. The molecule has 3 heterocycles. The molecule has 3 aliphatic heterocycles. The average Bonchev–Trinajstić information content (AvgIpc) is 2.69. The maximum Gasteiger partial charge on any atom is 0.163 e. The van der Waals surface area contributed by atoms with Gasteiger partial charge < -0.3 is 9.59 Å². The Labute approximate surface area is 180 Å². The molecule has 3 fully saturated rings. The van der Waals surface area contributed by atoms with Gasteiger partial charge in [-0.3, -0.25) is 4.79 Å². The van der Waals surface area contributed by atoms with Crippen molar-refractivity contribution in [3.05, 3.63) is 69.2 Å². The van der Waals surface area contributed by atoms with Gasteiger partial charge in [0.15, 0.2) is 5.78 Å². The van der Waals surface area contributed by atoms with E-state index in [4.69, 9.17) is 11.6 Å². The highest BCUT2D eigenvalue weighted by molar-refractivity contribution is 9.10. The van der Waals surface area contributed by atoms with Gasteiger partial charge in [-0.25, -0.2) is 0 Å². The van der Waals surface area contributed by atoms with Crippen molar-refractivity contribution in [1.29, 1.82) is 0 Å². The van der Waals surface area contributed by atoms with E-state index in [0.29, 0.717) is 17.4 Å². The predicted octanol–water partition coefficient (Wildman–Crippen LogP) is 5.19. The fourth-order valence-electron chi connectivity index (χ4n) is 5.11. The number of ketones is 1. The number of Topliss-reactive ketones (excluding diaryl/α,β-unsaturated/α-hetero) is 1. The largest absolute Gasteiger partial charge is 0.379 e. The molecule has 1 N–H and O–H groups in total. The van der Waals surface area contributed by atoms with E-state index < -0.39 is 5.60 Å². The number of carbonyl (C=O) groups excluding carboxylic acids is 1. The fraction of sp³-hybridized carbons (Fsp3) is 0.435. The average molecular weight is 464 g/mol. The van der Waals surface area contributed by atoms with Crippen LogP contribution < -0.4 is 0 Å². The van der Waals surface area contributed by atoms with Gasteiger partial charge in [-0.1, -0.05) is 51.8 Å². The van der Waals surface area contributed by atoms with Crippen LogP contribution in [0.15, 0.2) is 53.0 Å². The number of hydrogen-bond acceptors (Lipinski definition) is 2. The minimum Gasteiger partial charge on any atom is -0.379 e. The Morgan fingerprint density at radius 1 is 1.11 bits per heavy atom. The summed E-state index contributed by atoms with van der Waals surface area (Å²) in [5.41, 5.74) is 0.976. The summed E-state index contributed by atoms with van der Waals surface area (Å²) in [6.07, 6.45) is 3.50. The summed E-state index contributed by atoms with van der Waals surface area (Å²) in [6, 6.07) is 15.3. The lowest BCUT2D eigenvalue weighted by Gasteiger charge is -2.56. The highest BCUT2D eigenvalue weighted by Crippen LogP contribution is 2.46. The van der Waals surface area contributed by atoms with Crippen LogP contribution in [0.3, 0.4) is 0 Å². The molecule has 0 amide bonds. The fourth-order valence-corrected chi connectivity index (χ4v) is 5.51. The van der Waals surface area contributed by atoms with Crippen LogP contribution in [0, 0.1) is 5.92 Å². The molecule has 0 radical (unpaired) electrons. The van der Waals surface area contributed by atoms with Crippen molar-refractivity contribution in [3.63, 3.8) is 0 Å². The Kier molecular flexibility index (Phi) is 5.67. The molecule has 1 unspecified atom stereocenters. The van der Waals surface area contributed by atoms with E-state index in [1.54, 1.807) is 0 Å². The summed E-state index contributed by atoms with van der Waals surface area (Å²) < 4.78 is 1.91. The Morgan fingerprint density at radius 3 is 2.39 bits per heavy atom. The first-order valence-corrected chi connectivity index (χ1v) is 11.2. The number of benzene rings is 2. The SMILES string of the molecule is O=C(CCC[N+]12CCC(CC1)C(O)(c1ccc(Cl)cc1)C2)c1ccc(Br)cc1. The molecule has 3 nitrogen and oxygen atoms in total. The van der Waals surface area contributed by atoms with Gasteiger partial charge in [0.1, 0.15) is 12.1 Å². The van der Waals surface area contributed by atoms with E-state index >= 15 is 0 Å². The minimum absolute atomic E-state index is 0.200. The lowest BCUT2D eigenvalue weighted by molar-refractivity contribution is -0.952. The van der Waals surface area contributed by atoms with Gasteiger partial charge >= 0.3 is 0 Å². The lowest BCUT2D eigenvalue weighted by atomic mass is 9.70. The van der Waals surface area contributed by atoms with Crippen molar-refractivity contribution < 1.29 is 14.4 Å². The maximum absolute atomic E-state index is 12.5. The quantitative estimate of drug-likeness (QED) is 0.472. The standard InChI is InChI=1S/C23H26BrClNO2/c24-20-7-3-17(4-8-20)22(27)2-1-13-26-14-11-19(12-15-26)23(28,16-26)18-5-9-21(25)10-6-18/h3-10,19,28H,1-2,11-16H2/q+1. The summed E-state index contributed by atoms with van der Waals surface area (Å²) in [4.78, 5) is 12.5. The van der Waals surface area contributed by atoms with Gasteiger partial charge in [0.25, 0.3) is 0 Å². The molecule has 3 aliphatic rings. The molecule has 2 aromatic rings. The molecule has 0 aromatic heterocycles. The predicted molar refractivity (Wildman–Crippen MR) is 116 cm³/mol. The first-order chi connectivity index (χ1) is 13.4. The molecule has 2 aromatic carbocycles. The van der Waals surface area contributed by atoms with Gasteiger partial charge in [-0.2, -0.15) is 0 Å². The number of piperidine rings is 3. The molecule has 0 spiro atoms. The molecular weight excluding hydrogens is 438 g/mol. The van der Waals surface area contributed by atoms with E-state index in [1.165, 1.54) is 0 Å². The van der Waals surface area contributed by atoms with Crippen LogP contribution in [0.4, 0.5) is 0 Å². The molecule has 148 valence electrons. The zero-order valence-corrected chi connectivity index (χ0v) is 18.3. The van der Waals surface area contributed by atoms with Crippen molar-refractivity contribution in [2.45, 2.75) is 31.3 Å². The van der Waals surface area contributed by atoms with Gasteiger partial charge in [0, 0.05) is 46.7 Å². The van der Waals surface area contributed by atoms with Crippen LogP contribution in [0.2, 0.25) is 5.02 Å². The zero-order valence-electron chi connectivity index (χ0n) is 15.9.